The van der Waals surface area contributed by atoms with Crippen molar-refractivity contribution in [3.8, 4) is 0 Å². The molecule has 0 bridgehead atoms. The van der Waals surface area contributed by atoms with E-state index in [9.17, 15) is 4.79 Å². The highest BCUT2D eigenvalue weighted by Gasteiger charge is 2.35. The number of nitrogens with one attached hydrogen (secondary N) is 1. The minimum Gasteiger partial charge on any atom is -0.326 e. The Bertz CT molecular complexity index is 1030. The van der Waals surface area contributed by atoms with Gasteiger partial charge in [-0.05, 0) is 81.1 Å². The van der Waals surface area contributed by atoms with E-state index in [-0.39, 0.29) is 10.1 Å². The number of aryl methyl sites for hydroxylation is 1. The first-order valence-electron chi connectivity index (χ1n) is 10.6. The minimum atomic E-state index is -0.306. The molecule has 31 heavy (non-hydrogen) atoms. The van der Waals surface area contributed by atoms with Crippen LogP contribution in [0.15, 0.2) is 52.6 Å². The molecular formula is C24H27ClN4OS. The second kappa shape index (κ2) is 9.05. The number of benzene rings is 2. The highest BCUT2D eigenvalue weighted by Crippen LogP contribution is 2.36. The Morgan fingerprint density at radius 1 is 1.32 bits per heavy atom. The van der Waals surface area contributed by atoms with Gasteiger partial charge in [0.2, 0.25) is 0 Å². The number of carbonyl (C=O) groups excluding carboxylic acids is 1. The van der Waals surface area contributed by atoms with Gasteiger partial charge in [0.25, 0.3) is 0 Å². The van der Waals surface area contributed by atoms with E-state index in [1.165, 1.54) is 11.3 Å². The van der Waals surface area contributed by atoms with Gasteiger partial charge in [-0.2, -0.15) is 5.10 Å². The summed E-state index contributed by atoms with van der Waals surface area (Å²) in [6.07, 6.45) is 2.98. The largest absolute Gasteiger partial charge is 0.326 e. The molecule has 1 unspecified atom stereocenters. The van der Waals surface area contributed by atoms with E-state index in [2.05, 4.69) is 54.4 Å². The smallest absolute Gasteiger partial charge is 0.154 e. The van der Waals surface area contributed by atoms with Crippen molar-refractivity contribution in [3.63, 3.8) is 0 Å². The molecule has 162 valence electrons. The highest BCUT2D eigenvalue weighted by molar-refractivity contribution is 8.02. The van der Waals surface area contributed by atoms with Crippen LogP contribution in [0.1, 0.15) is 43.9 Å². The molecule has 1 atom stereocenters. The van der Waals surface area contributed by atoms with Gasteiger partial charge in [-0.15, -0.1) is 11.8 Å². The van der Waals surface area contributed by atoms with Gasteiger partial charge in [-0.25, -0.2) is 0 Å². The summed E-state index contributed by atoms with van der Waals surface area (Å²) in [6.45, 7) is 7.94. The summed E-state index contributed by atoms with van der Waals surface area (Å²) < 4.78 is -0.252. The lowest BCUT2D eigenvalue weighted by molar-refractivity contribution is -0.107. The lowest BCUT2D eigenvalue weighted by Gasteiger charge is -2.35. The molecule has 0 amide bonds. The summed E-state index contributed by atoms with van der Waals surface area (Å²) in [4.78, 5) is 18.3. The van der Waals surface area contributed by atoms with Crippen LogP contribution in [0.25, 0.3) is 0 Å². The Hall–Kier alpha value is -2.31. The Labute approximate surface area is 193 Å². The molecule has 2 aliphatic heterocycles. The number of amidine groups is 1. The van der Waals surface area contributed by atoms with Crippen LogP contribution >= 0.6 is 23.4 Å². The summed E-state index contributed by atoms with van der Waals surface area (Å²) in [6, 6.07) is 14.5. The quantitative estimate of drug-likeness (QED) is 0.405. The maximum absolute atomic E-state index is 11.2. The van der Waals surface area contributed by atoms with Gasteiger partial charge < -0.3 is 9.69 Å². The number of fused-ring (bicyclic) bond motifs is 1. The van der Waals surface area contributed by atoms with Gasteiger partial charge >= 0.3 is 0 Å². The van der Waals surface area contributed by atoms with E-state index in [4.69, 9.17) is 16.6 Å². The molecule has 5 nitrogen and oxygen atoms in total. The van der Waals surface area contributed by atoms with Gasteiger partial charge in [0.15, 0.2) is 6.29 Å². The average molecular weight is 455 g/mol. The zero-order valence-corrected chi connectivity index (χ0v) is 19.6. The second-order valence-corrected chi connectivity index (χ2v) is 10.4. The Morgan fingerprint density at radius 3 is 2.77 bits per heavy atom. The van der Waals surface area contributed by atoms with Crippen molar-refractivity contribution in [3.05, 3.63) is 64.2 Å². The van der Waals surface area contributed by atoms with Crippen molar-refractivity contribution in [1.82, 2.24) is 5.43 Å². The van der Waals surface area contributed by atoms with Crippen LogP contribution in [0.4, 0.5) is 5.69 Å². The number of aldehydes is 1. The van der Waals surface area contributed by atoms with Crippen molar-refractivity contribution in [2.24, 2.45) is 10.1 Å². The summed E-state index contributed by atoms with van der Waals surface area (Å²) >= 11 is 7.69. The topological polar surface area (TPSA) is 57.1 Å². The minimum absolute atomic E-state index is 0.252. The Balaban J connectivity index is 1.70. The van der Waals surface area contributed by atoms with Gasteiger partial charge in [0.1, 0.15) is 11.2 Å². The van der Waals surface area contributed by atoms with Crippen LogP contribution in [0.2, 0.25) is 5.02 Å². The molecule has 2 heterocycles. The zero-order valence-electron chi connectivity index (χ0n) is 18.1. The molecule has 2 aromatic rings. The van der Waals surface area contributed by atoms with Gasteiger partial charge in [-0.3, -0.25) is 10.4 Å². The average Bonchev–Trinajstić information content (AvgIpc) is 2.77. The number of hydrogen-bond donors (Lipinski definition) is 1. The van der Waals surface area contributed by atoms with Crippen LogP contribution in [0.3, 0.4) is 0 Å². The Morgan fingerprint density at radius 2 is 2.10 bits per heavy atom. The molecule has 0 radical (unpaired) electrons. The lowest BCUT2D eigenvalue weighted by atomic mass is 9.93. The number of anilines is 1. The highest BCUT2D eigenvalue weighted by atomic mass is 35.5. The predicted octanol–water partition coefficient (Wildman–Crippen LogP) is 4.90. The van der Waals surface area contributed by atoms with Crippen molar-refractivity contribution >= 4 is 46.9 Å². The van der Waals surface area contributed by atoms with Crippen LogP contribution in [-0.2, 0) is 11.2 Å². The number of rotatable bonds is 4. The molecule has 2 aromatic carbocycles. The molecule has 0 aromatic heterocycles. The number of hydrogen-bond acceptors (Lipinski definition) is 5. The standard InChI is InChI=1S/C24H27ClN4OS/c1-4-26-23(16-7-10-19(25)11-8-16)29-13-5-6-17-14-18(9-12-20(17)29)22-24(2,3)31-21(15-30)27-28-22/h7-12,14-15,21,27H,4-6,13H2,1-3H3. The predicted molar refractivity (Wildman–Crippen MR) is 132 cm³/mol. The third-order valence-corrected chi connectivity index (χ3v) is 7.06. The lowest BCUT2D eigenvalue weighted by Crippen LogP contribution is -2.42. The van der Waals surface area contributed by atoms with Crippen molar-refractivity contribution in [1.29, 1.82) is 0 Å². The Kier molecular flexibility index (Phi) is 6.39. The first-order chi connectivity index (χ1) is 14.9. The van der Waals surface area contributed by atoms with Gasteiger partial charge in [-0.1, -0.05) is 17.7 Å². The number of aliphatic imine (C=N–C) groups is 1. The fourth-order valence-electron chi connectivity index (χ4n) is 4.18. The number of carbonyl (C=O) groups is 1. The van der Waals surface area contributed by atoms with Gasteiger partial charge in [0.05, 0.1) is 10.5 Å². The summed E-state index contributed by atoms with van der Waals surface area (Å²) in [5.74, 6) is 0.981. The molecule has 2 aliphatic rings. The fraction of sp³-hybridized carbons (Fsp3) is 0.375. The first kappa shape index (κ1) is 21.9. The number of hydrazone groups is 1. The second-order valence-electron chi connectivity index (χ2n) is 8.18. The van der Waals surface area contributed by atoms with E-state index in [0.29, 0.717) is 6.54 Å². The molecule has 7 heteroatoms. The van der Waals surface area contributed by atoms with Crippen molar-refractivity contribution < 1.29 is 4.79 Å². The molecular weight excluding hydrogens is 428 g/mol. The monoisotopic (exact) mass is 454 g/mol. The van der Waals surface area contributed by atoms with Gasteiger partial charge in [0, 0.05) is 29.4 Å². The van der Waals surface area contributed by atoms with E-state index in [1.807, 2.05) is 24.3 Å². The molecule has 0 saturated heterocycles. The van der Waals surface area contributed by atoms with Crippen LogP contribution in [0, 0.1) is 0 Å². The SMILES string of the molecule is CCN=C(c1ccc(Cl)cc1)N1CCCc2cc(C3=NNC(C=O)SC3(C)C)ccc21. The third kappa shape index (κ3) is 4.51. The van der Waals surface area contributed by atoms with E-state index in [0.717, 1.165) is 53.4 Å². The molecule has 0 aliphatic carbocycles. The molecule has 0 spiro atoms. The van der Waals surface area contributed by atoms with E-state index < -0.39 is 0 Å². The number of nitrogens with zero attached hydrogens (tertiary/aromatic N) is 3. The maximum Gasteiger partial charge on any atom is 0.154 e. The molecule has 0 saturated carbocycles. The first-order valence-corrected chi connectivity index (χ1v) is 11.9. The summed E-state index contributed by atoms with van der Waals surface area (Å²) in [5, 5.41) is 4.98. The third-order valence-electron chi connectivity index (χ3n) is 5.56. The summed E-state index contributed by atoms with van der Waals surface area (Å²) in [7, 11) is 0. The normalized spacial score (nSPS) is 20.5. The zero-order chi connectivity index (χ0) is 22.0. The van der Waals surface area contributed by atoms with Crippen LogP contribution in [-0.4, -0.2) is 41.0 Å². The molecule has 1 N–H and O–H groups in total. The summed E-state index contributed by atoms with van der Waals surface area (Å²) in [5.41, 5.74) is 8.58. The van der Waals surface area contributed by atoms with Crippen LogP contribution < -0.4 is 10.3 Å². The van der Waals surface area contributed by atoms with E-state index in [1.54, 1.807) is 11.8 Å². The number of halogens is 1. The molecule has 0 fully saturated rings. The van der Waals surface area contributed by atoms with Crippen LogP contribution in [0.5, 0.6) is 0 Å². The maximum atomic E-state index is 11.2. The molecule has 4 rings (SSSR count). The van der Waals surface area contributed by atoms with E-state index >= 15 is 0 Å². The fourth-order valence-corrected chi connectivity index (χ4v) is 5.38. The number of thioether (sulfide) groups is 1. The van der Waals surface area contributed by atoms with Crippen molar-refractivity contribution in [2.75, 3.05) is 18.0 Å². The van der Waals surface area contributed by atoms with Crippen molar-refractivity contribution in [2.45, 2.75) is 43.7 Å².